The van der Waals surface area contributed by atoms with Crippen molar-refractivity contribution in [3.05, 3.63) is 28.5 Å². The largest absolute Gasteiger partial charge is 0.336 e. The van der Waals surface area contributed by atoms with Gasteiger partial charge >= 0.3 is 0 Å². The third-order valence-electron chi connectivity index (χ3n) is 2.94. The van der Waals surface area contributed by atoms with E-state index >= 15 is 0 Å². The van der Waals surface area contributed by atoms with Gasteiger partial charge in [0, 0.05) is 19.6 Å². The fourth-order valence-electron chi connectivity index (χ4n) is 1.94. The number of halogens is 1. The Morgan fingerprint density at radius 2 is 2.12 bits per heavy atom. The Bertz CT molecular complexity index is 410. The number of likely N-dealkylation sites (N-methyl/N-ethyl adjacent to an activating group) is 1. The van der Waals surface area contributed by atoms with E-state index in [0.717, 1.165) is 32.6 Å². The van der Waals surface area contributed by atoms with E-state index in [9.17, 15) is 4.79 Å². The molecule has 0 bridgehead atoms. The normalized spacial score (nSPS) is 17.9. The summed E-state index contributed by atoms with van der Waals surface area (Å²) in [6.07, 6.45) is 1.02. The number of carbonyl (C=O) groups is 1. The highest BCUT2D eigenvalue weighted by atomic mass is 79.9. The van der Waals surface area contributed by atoms with Crippen LogP contribution in [0.2, 0.25) is 0 Å². The number of pyridine rings is 1. The monoisotopic (exact) mass is 297 g/mol. The number of rotatable bonds is 1. The van der Waals surface area contributed by atoms with E-state index in [-0.39, 0.29) is 5.91 Å². The van der Waals surface area contributed by atoms with Crippen LogP contribution in [-0.2, 0) is 0 Å². The van der Waals surface area contributed by atoms with E-state index in [1.807, 2.05) is 17.0 Å². The molecule has 1 aliphatic heterocycles. The fraction of sp³-hybridized carbons (Fsp3) is 0.500. The summed E-state index contributed by atoms with van der Waals surface area (Å²) in [5.74, 6) is 0.0293. The van der Waals surface area contributed by atoms with Crippen LogP contribution < -0.4 is 0 Å². The number of hydrogen-bond donors (Lipinski definition) is 0. The van der Waals surface area contributed by atoms with Crippen molar-refractivity contribution in [1.82, 2.24) is 14.8 Å². The maximum absolute atomic E-state index is 12.2. The van der Waals surface area contributed by atoms with E-state index in [2.05, 4.69) is 32.9 Å². The number of aromatic nitrogens is 1. The zero-order valence-corrected chi connectivity index (χ0v) is 11.5. The molecule has 1 aromatic rings. The molecule has 4 nitrogen and oxygen atoms in total. The van der Waals surface area contributed by atoms with Gasteiger partial charge in [0.1, 0.15) is 10.3 Å². The van der Waals surface area contributed by atoms with Gasteiger partial charge in [0.2, 0.25) is 0 Å². The van der Waals surface area contributed by atoms with Gasteiger partial charge in [-0.15, -0.1) is 0 Å². The first kappa shape index (κ1) is 12.5. The third kappa shape index (κ3) is 3.26. The molecule has 0 saturated carbocycles. The van der Waals surface area contributed by atoms with Crippen molar-refractivity contribution < 1.29 is 4.79 Å². The molecule has 1 fully saturated rings. The molecule has 2 rings (SSSR count). The molecule has 1 amide bonds. The van der Waals surface area contributed by atoms with Crippen molar-refractivity contribution in [2.24, 2.45) is 0 Å². The van der Waals surface area contributed by atoms with Gasteiger partial charge in [0.15, 0.2) is 0 Å². The van der Waals surface area contributed by atoms with E-state index in [1.54, 1.807) is 6.07 Å². The molecular formula is C12H16BrN3O. The summed E-state index contributed by atoms with van der Waals surface area (Å²) in [6, 6.07) is 5.43. The summed E-state index contributed by atoms with van der Waals surface area (Å²) in [5.41, 5.74) is 0.518. The standard InChI is InChI=1S/C12H16BrN3O/c1-15-6-3-7-16(9-8-15)12(17)10-4-2-5-11(13)14-10/h2,4-5H,3,6-9H2,1H3. The van der Waals surface area contributed by atoms with Gasteiger partial charge < -0.3 is 9.80 Å². The lowest BCUT2D eigenvalue weighted by Crippen LogP contribution is -2.34. The molecule has 0 atom stereocenters. The number of nitrogens with zero attached hydrogens (tertiary/aromatic N) is 3. The van der Waals surface area contributed by atoms with Crippen LogP contribution >= 0.6 is 15.9 Å². The van der Waals surface area contributed by atoms with Crippen molar-refractivity contribution >= 4 is 21.8 Å². The molecule has 0 aromatic carbocycles. The van der Waals surface area contributed by atoms with Crippen LogP contribution in [0, 0.1) is 0 Å². The van der Waals surface area contributed by atoms with E-state index in [1.165, 1.54) is 0 Å². The molecule has 5 heteroatoms. The molecule has 92 valence electrons. The molecule has 2 heterocycles. The summed E-state index contributed by atoms with van der Waals surface area (Å²) >= 11 is 3.29. The van der Waals surface area contributed by atoms with Crippen LogP contribution in [0.1, 0.15) is 16.9 Å². The Labute approximate surface area is 110 Å². The summed E-state index contributed by atoms with van der Waals surface area (Å²) < 4.78 is 0.704. The van der Waals surface area contributed by atoms with Gasteiger partial charge in [0.25, 0.3) is 5.91 Å². The highest BCUT2D eigenvalue weighted by Gasteiger charge is 2.19. The predicted octanol–water partition coefficient (Wildman–Crippen LogP) is 1.62. The van der Waals surface area contributed by atoms with Crippen LogP contribution in [-0.4, -0.2) is 53.9 Å². The summed E-state index contributed by atoms with van der Waals surface area (Å²) in [5, 5.41) is 0. The Balaban J connectivity index is 2.09. The second-order valence-electron chi connectivity index (χ2n) is 4.29. The first-order valence-corrected chi connectivity index (χ1v) is 6.56. The Kier molecular flexibility index (Phi) is 4.12. The summed E-state index contributed by atoms with van der Waals surface area (Å²) in [7, 11) is 2.09. The average molecular weight is 298 g/mol. The molecule has 0 unspecified atom stereocenters. The van der Waals surface area contributed by atoms with Crippen LogP contribution in [0.5, 0.6) is 0 Å². The van der Waals surface area contributed by atoms with Crippen molar-refractivity contribution in [2.45, 2.75) is 6.42 Å². The highest BCUT2D eigenvalue weighted by Crippen LogP contribution is 2.10. The minimum Gasteiger partial charge on any atom is -0.336 e. The van der Waals surface area contributed by atoms with Crippen LogP contribution in [0.3, 0.4) is 0 Å². The first-order valence-electron chi connectivity index (χ1n) is 5.77. The second kappa shape index (κ2) is 5.60. The fourth-order valence-corrected chi connectivity index (χ4v) is 2.28. The molecule has 0 aliphatic carbocycles. The van der Waals surface area contributed by atoms with E-state index < -0.39 is 0 Å². The number of amides is 1. The van der Waals surface area contributed by atoms with Crippen LogP contribution in [0.4, 0.5) is 0 Å². The van der Waals surface area contributed by atoms with E-state index in [4.69, 9.17) is 0 Å². The Morgan fingerprint density at radius 3 is 2.88 bits per heavy atom. The van der Waals surface area contributed by atoms with Crippen LogP contribution in [0.25, 0.3) is 0 Å². The minimum absolute atomic E-state index is 0.0293. The average Bonchev–Trinajstić information content (AvgIpc) is 2.53. The van der Waals surface area contributed by atoms with Gasteiger partial charge in [0.05, 0.1) is 0 Å². The smallest absolute Gasteiger partial charge is 0.272 e. The van der Waals surface area contributed by atoms with Gasteiger partial charge in [-0.25, -0.2) is 4.98 Å². The Hall–Kier alpha value is -0.940. The number of hydrogen-bond acceptors (Lipinski definition) is 3. The molecule has 1 saturated heterocycles. The molecule has 1 aromatic heterocycles. The topological polar surface area (TPSA) is 36.4 Å². The molecule has 1 aliphatic rings. The third-order valence-corrected chi connectivity index (χ3v) is 3.38. The zero-order valence-electron chi connectivity index (χ0n) is 9.90. The molecule has 17 heavy (non-hydrogen) atoms. The molecular weight excluding hydrogens is 282 g/mol. The lowest BCUT2D eigenvalue weighted by atomic mass is 10.3. The van der Waals surface area contributed by atoms with Crippen molar-refractivity contribution in [3.63, 3.8) is 0 Å². The second-order valence-corrected chi connectivity index (χ2v) is 5.11. The number of carbonyl (C=O) groups excluding carboxylic acids is 1. The van der Waals surface area contributed by atoms with Gasteiger partial charge in [-0.3, -0.25) is 4.79 Å². The van der Waals surface area contributed by atoms with Gasteiger partial charge in [-0.05, 0) is 48.1 Å². The predicted molar refractivity (Wildman–Crippen MR) is 70.0 cm³/mol. The summed E-state index contributed by atoms with van der Waals surface area (Å²) in [4.78, 5) is 20.6. The van der Waals surface area contributed by atoms with Crippen molar-refractivity contribution in [2.75, 3.05) is 33.2 Å². The quantitative estimate of drug-likeness (QED) is 0.739. The maximum Gasteiger partial charge on any atom is 0.272 e. The van der Waals surface area contributed by atoms with Crippen molar-refractivity contribution in [1.29, 1.82) is 0 Å². The highest BCUT2D eigenvalue weighted by molar-refractivity contribution is 9.10. The lowest BCUT2D eigenvalue weighted by Gasteiger charge is -2.20. The lowest BCUT2D eigenvalue weighted by molar-refractivity contribution is 0.0757. The molecule has 0 radical (unpaired) electrons. The van der Waals surface area contributed by atoms with Crippen LogP contribution in [0.15, 0.2) is 22.8 Å². The first-order chi connectivity index (χ1) is 8.16. The van der Waals surface area contributed by atoms with Crippen molar-refractivity contribution in [3.8, 4) is 0 Å². The SMILES string of the molecule is CN1CCCN(C(=O)c2cccc(Br)n2)CC1. The Morgan fingerprint density at radius 1 is 1.29 bits per heavy atom. The van der Waals surface area contributed by atoms with Gasteiger partial charge in [-0.2, -0.15) is 0 Å². The summed E-state index contributed by atoms with van der Waals surface area (Å²) in [6.45, 7) is 3.58. The zero-order chi connectivity index (χ0) is 12.3. The van der Waals surface area contributed by atoms with E-state index in [0.29, 0.717) is 10.3 Å². The molecule has 0 spiro atoms. The minimum atomic E-state index is 0.0293. The van der Waals surface area contributed by atoms with Gasteiger partial charge in [-0.1, -0.05) is 6.07 Å². The maximum atomic E-state index is 12.2. The molecule has 0 N–H and O–H groups in total.